The number of methoxy groups -OCH3 is 1. The largest absolute Gasteiger partial charge is 0.497 e. The Hall–Kier alpha value is -3.03. The monoisotopic (exact) mass is 383 g/mol. The third kappa shape index (κ3) is 4.27. The highest BCUT2D eigenvalue weighted by molar-refractivity contribution is 5.85. The fourth-order valence-corrected chi connectivity index (χ4v) is 3.38. The van der Waals surface area contributed by atoms with Crippen LogP contribution in [0.4, 0.5) is 4.79 Å². The summed E-state index contributed by atoms with van der Waals surface area (Å²) in [6.07, 6.45) is 2.39. The quantitative estimate of drug-likeness (QED) is 0.797. The number of hydrogen-bond donors (Lipinski definition) is 2. The van der Waals surface area contributed by atoms with Crippen molar-refractivity contribution >= 4 is 11.9 Å². The van der Waals surface area contributed by atoms with Crippen LogP contribution in [0.3, 0.4) is 0 Å². The van der Waals surface area contributed by atoms with Gasteiger partial charge in [-0.25, -0.2) is 4.79 Å². The van der Waals surface area contributed by atoms with E-state index in [9.17, 15) is 9.59 Å². The number of piperazine rings is 1. The smallest absolute Gasteiger partial charge is 0.318 e. The van der Waals surface area contributed by atoms with Gasteiger partial charge in [-0.2, -0.15) is 5.10 Å². The number of aromatic nitrogens is 2. The Labute approximate surface area is 163 Å². The van der Waals surface area contributed by atoms with Crippen molar-refractivity contribution in [3.63, 3.8) is 0 Å². The van der Waals surface area contributed by atoms with Gasteiger partial charge >= 0.3 is 6.03 Å². The number of aromatic amines is 1. The fourth-order valence-electron chi connectivity index (χ4n) is 3.38. The number of carbonyl (C=O) groups excluding carboxylic acids is 2. The summed E-state index contributed by atoms with van der Waals surface area (Å²) >= 11 is 0. The van der Waals surface area contributed by atoms with E-state index in [2.05, 4.69) is 15.5 Å². The number of amides is 3. The minimum absolute atomic E-state index is 0.0539. The Morgan fingerprint density at radius 3 is 2.93 bits per heavy atom. The van der Waals surface area contributed by atoms with Gasteiger partial charge in [-0.05, 0) is 36.6 Å². The van der Waals surface area contributed by atoms with Gasteiger partial charge in [0.15, 0.2) is 0 Å². The van der Waals surface area contributed by atoms with E-state index in [0.29, 0.717) is 32.1 Å². The minimum Gasteiger partial charge on any atom is -0.497 e. The van der Waals surface area contributed by atoms with Crippen LogP contribution in [0.1, 0.15) is 35.7 Å². The molecule has 148 valence electrons. The molecular formula is C20H25N5O3. The average molecular weight is 383 g/mol. The fraction of sp³-hybridized carbons (Fsp3) is 0.450. The Morgan fingerprint density at radius 2 is 2.18 bits per heavy atom. The molecule has 8 heteroatoms. The van der Waals surface area contributed by atoms with Crippen LogP contribution in [-0.4, -0.2) is 58.7 Å². The van der Waals surface area contributed by atoms with Crippen LogP contribution in [0.5, 0.6) is 5.75 Å². The molecule has 1 aliphatic carbocycles. The zero-order chi connectivity index (χ0) is 19.5. The van der Waals surface area contributed by atoms with Crippen molar-refractivity contribution in [3.05, 3.63) is 47.3 Å². The van der Waals surface area contributed by atoms with Gasteiger partial charge in [-0.15, -0.1) is 0 Å². The molecule has 0 spiro atoms. The number of rotatable bonds is 6. The van der Waals surface area contributed by atoms with Crippen LogP contribution in [0, 0.1) is 0 Å². The number of H-pyrrole nitrogens is 1. The lowest BCUT2D eigenvalue weighted by molar-refractivity contribution is -0.135. The van der Waals surface area contributed by atoms with Gasteiger partial charge in [0, 0.05) is 25.6 Å². The van der Waals surface area contributed by atoms with Crippen LogP contribution < -0.4 is 10.1 Å². The molecule has 3 amide bonds. The lowest BCUT2D eigenvalue weighted by Crippen LogP contribution is -2.54. The molecule has 2 aromatic rings. The molecule has 1 saturated heterocycles. The highest BCUT2D eigenvalue weighted by Crippen LogP contribution is 2.38. The summed E-state index contributed by atoms with van der Waals surface area (Å²) in [5.41, 5.74) is 2.97. The molecule has 1 saturated carbocycles. The molecule has 1 aliphatic heterocycles. The van der Waals surface area contributed by atoms with Crippen molar-refractivity contribution in [3.8, 4) is 5.75 Å². The topological polar surface area (TPSA) is 90.6 Å². The van der Waals surface area contributed by atoms with Crippen LogP contribution in [0.2, 0.25) is 0 Å². The Bertz CT molecular complexity index is 861. The summed E-state index contributed by atoms with van der Waals surface area (Å²) in [5.74, 6) is 1.30. The van der Waals surface area contributed by atoms with E-state index >= 15 is 0 Å². The lowest BCUT2D eigenvalue weighted by Gasteiger charge is -2.34. The molecule has 0 unspecified atom stereocenters. The van der Waals surface area contributed by atoms with Crippen LogP contribution >= 0.6 is 0 Å². The molecule has 0 radical (unpaired) electrons. The van der Waals surface area contributed by atoms with Crippen molar-refractivity contribution in [2.24, 2.45) is 0 Å². The summed E-state index contributed by atoms with van der Waals surface area (Å²) in [7, 11) is 1.62. The van der Waals surface area contributed by atoms with Gasteiger partial charge in [0.1, 0.15) is 12.3 Å². The van der Waals surface area contributed by atoms with Crippen molar-refractivity contribution in [1.29, 1.82) is 0 Å². The van der Waals surface area contributed by atoms with Crippen molar-refractivity contribution < 1.29 is 14.3 Å². The van der Waals surface area contributed by atoms with Gasteiger partial charge in [0.2, 0.25) is 5.91 Å². The predicted molar refractivity (Wildman–Crippen MR) is 103 cm³/mol. The van der Waals surface area contributed by atoms with Gasteiger partial charge in [0.25, 0.3) is 0 Å². The standard InChI is InChI=1S/C20H25N5O3/c1-28-17-4-2-3-14(9-17)12-24-7-8-25(13-19(24)26)20(27)21-11-16-10-18(23-22-16)15-5-6-15/h2-4,9-10,15H,5-8,11-13H2,1H3,(H,21,27)(H,22,23). The first-order valence-electron chi connectivity index (χ1n) is 9.60. The van der Waals surface area contributed by atoms with Crippen molar-refractivity contribution in [2.45, 2.75) is 31.8 Å². The molecule has 0 bridgehead atoms. The number of carbonyl (C=O) groups is 2. The highest BCUT2D eigenvalue weighted by Gasteiger charge is 2.28. The zero-order valence-electron chi connectivity index (χ0n) is 16.0. The van der Waals surface area contributed by atoms with E-state index in [0.717, 1.165) is 22.7 Å². The summed E-state index contributed by atoms with van der Waals surface area (Å²) in [6, 6.07) is 9.46. The van der Waals surface area contributed by atoms with Crippen LogP contribution in [0.15, 0.2) is 30.3 Å². The van der Waals surface area contributed by atoms with Gasteiger partial charge in [-0.3, -0.25) is 9.89 Å². The van der Waals surface area contributed by atoms with E-state index < -0.39 is 0 Å². The second-order valence-corrected chi connectivity index (χ2v) is 7.34. The van der Waals surface area contributed by atoms with Gasteiger partial charge in [-0.1, -0.05) is 12.1 Å². The summed E-state index contributed by atoms with van der Waals surface area (Å²) < 4.78 is 5.23. The van der Waals surface area contributed by atoms with E-state index in [-0.39, 0.29) is 18.5 Å². The summed E-state index contributed by atoms with van der Waals surface area (Å²) in [4.78, 5) is 28.2. The Balaban J connectivity index is 1.26. The maximum absolute atomic E-state index is 12.5. The number of hydrogen-bond acceptors (Lipinski definition) is 4. The number of urea groups is 1. The number of nitrogens with zero attached hydrogens (tertiary/aromatic N) is 3. The molecular weight excluding hydrogens is 358 g/mol. The van der Waals surface area contributed by atoms with E-state index in [1.54, 1.807) is 16.9 Å². The van der Waals surface area contributed by atoms with Crippen LogP contribution in [-0.2, 0) is 17.9 Å². The first-order valence-corrected chi connectivity index (χ1v) is 9.60. The third-order valence-electron chi connectivity index (χ3n) is 5.19. The molecule has 2 aliphatic rings. The number of ether oxygens (including phenoxy) is 1. The van der Waals surface area contributed by atoms with Gasteiger partial charge in [0.05, 0.1) is 25.0 Å². The molecule has 2 heterocycles. The lowest BCUT2D eigenvalue weighted by atomic mass is 10.2. The minimum atomic E-state index is -0.225. The zero-order valence-corrected chi connectivity index (χ0v) is 16.0. The predicted octanol–water partition coefficient (Wildman–Crippen LogP) is 1.85. The second-order valence-electron chi connectivity index (χ2n) is 7.34. The molecule has 2 fully saturated rings. The normalized spacial score (nSPS) is 17.0. The first-order chi connectivity index (χ1) is 13.6. The molecule has 1 aromatic carbocycles. The molecule has 0 atom stereocenters. The molecule has 28 heavy (non-hydrogen) atoms. The van der Waals surface area contributed by atoms with Gasteiger partial charge < -0.3 is 19.9 Å². The molecule has 1 aromatic heterocycles. The third-order valence-corrected chi connectivity index (χ3v) is 5.19. The number of benzene rings is 1. The van der Waals surface area contributed by atoms with Crippen LogP contribution in [0.25, 0.3) is 0 Å². The van der Waals surface area contributed by atoms with E-state index in [4.69, 9.17) is 4.74 Å². The molecule has 4 rings (SSSR count). The molecule has 8 nitrogen and oxygen atoms in total. The Morgan fingerprint density at radius 1 is 1.32 bits per heavy atom. The summed E-state index contributed by atoms with van der Waals surface area (Å²) in [6.45, 7) is 2.02. The van der Waals surface area contributed by atoms with E-state index in [1.807, 2.05) is 30.3 Å². The summed E-state index contributed by atoms with van der Waals surface area (Å²) in [5, 5.41) is 10.1. The second kappa shape index (κ2) is 7.92. The first kappa shape index (κ1) is 18.3. The molecule has 2 N–H and O–H groups in total. The highest BCUT2D eigenvalue weighted by atomic mass is 16.5. The number of nitrogens with one attached hydrogen (secondary N) is 2. The average Bonchev–Trinajstić information content (AvgIpc) is 3.46. The Kier molecular flexibility index (Phi) is 5.18. The maximum atomic E-state index is 12.5. The SMILES string of the molecule is COc1cccc(CN2CCN(C(=O)NCc3cc(C4CC4)n[nH]3)CC2=O)c1. The van der Waals surface area contributed by atoms with Crippen molar-refractivity contribution in [1.82, 2.24) is 25.3 Å². The van der Waals surface area contributed by atoms with Crippen molar-refractivity contribution in [2.75, 3.05) is 26.7 Å². The van der Waals surface area contributed by atoms with E-state index in [1.165, 1.54) is 12.8 Å². The maximum Gasteiger partial charge on any atom is 0.318 e.